The number of halogens is 3. The van der Waals surface area contributed by atoms with E-state index in [1.165, 1.54) is 12.1 Å². The van der Waals surface area contributed by atoms with E-state index < -0.39 is 11.6 Å². The van der Waals surface area contributed by atoms with Crippen LogP contribution >= 0.6 is 15.9 Å². The molecule has 1 saturated carbocycles. The fraction of sp³-hybridized carbons (Fsp3) is 0.571. The van der Waals surface area contributed by atoms with Crippen LogP contribution in [-0.2, 0) is 6.42 Å². The van der Waals surface area contributed by atoms with Gasteiger partial charge in [-0.25, -0.2) is 8.78 Å². The quantitative estimate of drug-likeness (QED) is 0.812. The third kappa shape index (κ3) is 2.75. The van der Waals surface area contributed by atoms with Crippen LogP contribution in [0.5, 0.6) is 0 Å². The molecule has 1 aromatic rings. The van der Waals surface area contributed by atoms with Gasteiger partial charge in [0.1, 0.15) is 11.6 Å². The Morgan fingerprint density at radius 3 is 2.61 bits per heavy atom. The molecule has 0 bridgehead atoms. The van der Waals surface area contributed by atoms with E-state index in [2.05, 4.69) is 28.2 Å². The molecule has 1 unspecified atom stereocenters. The van der Waals surface area contributed by atoms with Crippen LogP contribution in [0, 0.1) is 23.0 Å². The summed E-state index contributed by atoms with van der Waals surface area (Å²) in [7, 11) is 1.88. The lowest BCUT2D eigenvalue weighted by Crippen LogP contribution is -2.34. The molecule has 0 heterocycles. The van der Waals surface area contributed by atoms with Crippen LogP contribution in [-0.4, -0.2) is 13.6 Å². The van der Waals surface area contributed by atoms with E-state index in [9.17, 15) is 8.78 Å². The van der Waals surface area contributed by atoms with Crippen molar-refractivity contribution in [3.8, 4) is 0 Å². The van der Waals surface area contributed by atoms with Gasteiger partial charge in [-0.3, -0.25) is 0 Å². The van der Waals surface area contributed by atoms with Crippen molar-refractivity contribution in [2.45, 2.75) is 26.2 Å². The SMILES string of the molecule is CNCC(C)(Cc1c(F)ccc(Br)c1F)C1CC1. The van der Waals surface area contributed by atoms with Gasteiger partial charge in [0, 0.05) is 12.1 Å². The van der Waals surface area contributed by atoms with Gasteiger partial charge in [-0.05, 0) is 65.7 Å². The summed E-state index contributed by atoms with van der Waals surface area (Å²) in [5.74, 6) is -0.334. The lowest BCUT2D eigenvalue weighted by molar-refractivity contribution is 0.256. The molecular formula is C14H18BrF2N. The van der Waals surface area contributed by atoms with Crippen LogP contribution in [0.15, 0.2) is 16.6 Å². The fourth-order valence-electron chi connectivity index (χ4n) is 2.67. The number of hydrogen-bond acceptors (Lipinski definition) is 1. The Labute approximate surface area is 115 Å². The summed E-state index contributed by atoms with van der Waals surface area (Å²) in [5.41, 5.74) is 0.131. The first-order valence-corrected chi connectivity index (χ1v) is 7.04. The molecule has 100 valence electrons. The highest BCUT2D eigenvalue weighted by molar-refractivity contribution is 9.10. The minimum atomic E-state index is -0.460. The average molecular weight is 318 g/mol. The summed E-state index contributed by atoms with van der Waals surface area (Å²) in [6.07, 6.45) is 2.76. The standard InChI is InChI=1S/C14H18BrF2N/c1-14(8-18-2,9-3-4-9)7-10-12(16)6-5-11(15)13(10)17/h5-6,9,18H,3-4,7-8H2,1-2H3. The van der Waals surface area contributed by atoms with Crippen molar-refractivity contribution >= 4 is 15.9 Å². The summed E-state index contributed by atoms with van der Waals surface area (Å²) in [5, 5.41) is 3.15. The van der Waals surface area contributed by atoms with Crippen molar-refractivity contribution in [2.75, 3.05) is 13.6 Å². The first-order valence-electron chi connectivity index (χ1n) is 6.25. The molecule has 0 amide bonds. The zero-order valence-electron chi connectivity index (χ0n) is 10.7. The molecular weight excluding hydrogens is 300 g/mol. The lowest BCUT2D eigenvalue weighted by atomic mass is 9.78. The predicted molar refractivity (Wildman–Crippen MR) is 72.5 cm³/mol. The monoisotopic (exact) mass is 317 g/mol. The minimum absolute atomic E-state index is 0.0722. The fourth-order valence-corrected chi connectivity index (χ4v) is 3.04. The van der Waals surface area contributed by atoms with E-state index in [1.54, 1.807) is 0 Å². The van der Waals surface area contributed by atoms with Gasteiger partial charge < -0.3 is 5.32 Å². The molecule has 0 saturated heterocycles. The van der Waals surface area contributed by atoms with Gasteiger partial charge in [-0.2, -0.15) is 0 Å². The van der Waals surface area contributed by atoms with E-state index in [0.29, 0.717) is 16.8 Å². The Kier molecular flexibility index (Phi) is 4.07. The van der Waals surface area contributed by atoms with E-state index in [-0.39, 0.29) is 11.0 Å². The van der Waals surface area contributed by atoms with Gasteiger partial charge in [0.25, 0.3) is 0 Å². The van der Waals surface area contributed by atoms with Crippen LogP contribution in [0.1, 0.15) is 25.3 Å². The Morgan fingerprint density at radius 1 is 1.39 bits per heavy atom. The molecule has 18 heavy (non-hydrogen) atoms. The molecule has 1 aliphatic rings. The Hall–Kier alpha value is -0.480. The molecule has 1 aliphatic carbocycles. The summed E-state index contributed by atoms with van der Waals surface area (Å²) in [6, 6.07) is 2.75. The highest BCUT2D eigenvalue weighted by Gasteiger charge is 2.41. The van der Waals surface area contributed by atoms with Gasteiger partial charge in [-0.1, -0.05) is 6.92 Å². The zero-order valence-corrected chi connectivity index (χ0v) is 12.3. The number of nitrogens with one attached hydrogen (secondary N) is 1. The first kappa shape index (κ1) is 13.9. The van der Waals surface area contributed by atoms with E-state index in [4.69, 9.17) is 0 Å². The third-order valence-corrected chi connectivity index (χ3v) is 4.48. The Morgan fingerprint density at radius 2 is 2.06 bits per heavy atom. The molecule has 0 aliphatic heterocycles. The summed E-state index contributed by atoms with van der Waals surface area (Å²) >= 11 is 3.12. The number of rotatable bonds is 5. The molecule has 4 heteroatoms. The summed E-state index contributed by atoms with van der Waals surface area (Å²) < 4.78 is 28.1. The maximum atomic E-state index is 14.0. The highest BCUT2D eigenvalue weighted by atomic mass is 79.9. The van der Waals surface area contributed by atoms with E-state index in [1.807, 2.05) is 7.05 Å². The predicted octanol–water partition coefficient (Wildman–Crippen LogP) is 3.91. The van der Waals surface area contributed by atoms with E-state index in [0.717, 1.165) is 19.4 Å². The van der Waals surface area contributed by atoms with Crippen LogP contribution in [0.3, 0.4) is 0 Å². The molecule has 1 atom stereocenters. The van der Waals surface area contributed by atoms with Crippen molar-refractivity contribution < 1.29 is 8.78 Å². The molecule has 1 N–H and O–H groups in total. The topological polar surface area (TPSA) is 12.0 Å². The summed E-state index contributed by atoms with van der Waals surface area (Å²) in [4.78, 5) is 0. The van der Waals surface area contributed by atoms with Crippen LogP contribution in [0.25, 0.3) is 0 Å². The van der Waals surface area contributed by atoms with E-state index >= 15 is 0 Å². The van der Waals surface area contributed by atoms with Gasteiger partial charge in [0.15, 0.2) is 0 Å². The van der Waals surface area contributed by atoms with Crippen molar-refractivity contribution in [1.29, 1.82) is 0 Å². The van der Waals surface area contributed by atoms with Crippen molar-refractivity contribution in [3.63, 3.8) is 0 Å². The minimum Gasteiger partial charge on any atom is -0.319 e. The molecule has 0 spiro atoms. The second-order valence-corrected chi connectivity index (χ2v) is 6.31. The smallest absolute Gasteiger partial charge is 0.143 e. The van der Waals surface area contributed by atoms with Crippen LogP contribution < -0.4 is 5.32 Å². The number of hydrogen-bond donors (Lipinski definition) is 1. The molecule has 1 aromatic carbocycles. The van der Waals surface area contributed by atoms with Gasteiger partial charge in [-0.15, -0.1) is 0 Å². The molecule has 1 fully saturated rings. The Bertz CT molecular complexity index is 446. The normalized spacial score (nSPS) is 18.7. The maximum absolute atomic E-state index is 14.0. The Balaban J connectivity index is 2.29. The van der Waals surface area contributed by atoms with Gasteiger partial charge >= 0.3 is 0 Å². The molecule has 2 rings (SSSR count). The van der Waals surface area contributed by atoms with Crippen molar-refractivity contribution in [1.82, 2.24) is 5.32 Å². The van der Waals surface area contributed by atoms with Gasteiger partial charge in [0.2, 0.25) is 0 Å². The molecule has 0 aromatic heterocycles. The highest BCUT2D eigenvalue weighted by Crippen LogP contribution is 2.47. The average Bonchev–Trinajstić information content (AvgIpc) is 3.14. The number of benzene rings is 1. The first-order chi connectivity index (χ1) is 8.48. The van der Waals surface area contributed by atoms with Crippen LogP contribution in [0.2, 0.25) is 0 Å². The molecule has 1 nitrogen and oxygen atoms in total. The van der Waals surface area contributed by atoms with Gasteiger partial charge in [0.05, 0.1) is 4.47 Å². The van der Waals surface area contributed by atoms with Crippen LogP contribution in [0.4, 0.5) is 8.78 Å². The summed E-state index contributed by atoms with van der Waals surface area (Å²) in [6.45, 7) is 2.89. The second kappa shape index (κ2) is 5.25. The largest absolute Gasteiger partial charge is 0.319 e. The second-order valence-electron chi connectivity index (χ2n) is 5.46. The third-order valence-electron chi connectivity index (χ3n) is 3.86. The maximum Gasteiger partial charge on any atom is 0.143 e. The lowest BCUT2D eigenvalue weighted by Gasteiger charge is -2.30. The molecule has 0 radical (unpaired) electrons. The van der Waals surface area contributed by atoms with Crippen molar-refractivity contribution in [3.05, 3.63) is 33.8 Å². The zero-order chi connectivity index (χ0) is 13.3. The van der Waals surface area contributed by atoms with Crippen molar-refractivity contribution in [2.24, 2.45) is 11.3 Å².